The number of nitrogens with zero attached hydrogens (tertiary/aromatic N) is 1. The maximum absolute atomic E-state index is 11.0. The van der Waals surface area contributed by atoms with Crippen molar-refractivity contribution >= 4 is 5.91 Å². The highest BCUT2D eigenvalue weighted by Crippen LogP contribution is 1.93. The molecule has 0 saturated carbocycles. The van der Waals surface area contributed by atoms with Gasteiger partial charge >= 0.3 is 0 Å². The van der Waals surface area contributed by atoms with Crippen LogP contribution in [0.1, 0.15) is 6.92 Å². The van der Waals surface area contributed by atoms with E-state index in [2.05, 4.69) is 5.32 Å². The number of ether oxygens (including phenoxy) is 1. The van der Waals surface area contributed by atoms with Crippen LogP contribution >= 0.6 is 0 Å². The molecule has 4 heteroatoms. The van der Waals surface area contributed by atoms with Crippen LogP contribution in [-0.2, 0) is 9.53 Å². The standard InChI is InChI=1S/C7H14N2O2/c1-2-11-4-3-9-6-8-5-7(9)10/h8H,2-6H2,1H3. The van der Waals surface area contributed by atoms with Gasteiger partial charge in [0, 0.05) is 13.2 Å². The van der Waals surface area contributed by atoms with Crippen LogP contribution in [0.3, 0.4) is 0 Å². The Morgan fingerprint density at radius 3 is 3.09 bits per heavy atom. The minimum Gasteiger partial charge on any atom is -0.380 e. The number of carbonyl (C=O) groups excluding carboxylic acids is 1. The van der Waals surface area contributed by atoms with Gasteiger partial charge in [-0.15, -0.1) is 0 Å². The quantitative estimate of drug-likeness (QED) is 0.556. The van der Waals surface area contributed by atoms with Crippen LogP contribution in [-0.4, -0.2) is 43.8 Å². The molecule has 1 amide bonds. The van der Waals surface area contributed by atoms with Crippen LogP contribution in [0.25, 0.3) is 0 Å². The second-order valence-corrected chi connectivity index (χ2v) is 2.44. The number of nitrogens with one attached hydrogen (secondary N) is 1. The van der Waals surface area contributed by atoms with Crippen molar-refractivity contribution in [3.63, 3.8) is 0 Å². The van der Waals surface area contributed by atoms with Crippen LogP contribution in [0.4, 0.5) is 0 Å². The predicted molar refractivity (Wildman–Crippen MR) is 41.1 cm³/mol. The normalized spacial score (nSPS) is 17.9. The lowest BCUT2D eigenvalue weighted by Crippen LogP contribution is -2.29. The Morgan fingerprint density at radius 2 is 2.55 bits per heavy atom. The van der Waals surface area contributed by atoms with Gasteiger partial charge in [-0.25, -0.2) is 0 Å². The summed E-state index contributed by atoms with van der Waals surface area (Å²) in [5, 5.41) is 2.97. The van der Waals surface area contributed by atoms with Crippen LogP contribution in [0, 0.1) is 0 Å². The predicted octanol–water partition coefficient (Wildman–Crippen LogP) is -0.588. The molecule has 11 heavy (non-hydrogen) atoms. The minimum atomic E-state index is 0.171. The average molecular weight is 158 g/mol. The first-order chi connectivity index (χ1) is 5.34. The Balaban J connectivity index is 2.10. The molecule has 1 aliphatic rings. The minimum absolute atomic E-state index is 0.171. The van der Waals surface area contributed by atoms with Crippen molar-refractivity contribution in [2.75, 3.05) is 33.0 Å². The number of hydrogen-bond donors (Lipinski definition) is 1. The van der Waals surface area contributed by atoms with Gasteiger partial charge in [-0.2, -0.15) is 0 Å². The molecule has 0 aromatic carbocycles. The van der Waals surface area contributed by atoms with Crippen LogP contribution in [0.2, 0.25) is 0 Å². The molecule has 0 unspecified atom stereocenters. The zero-order valence-corrected chi connectivity index (χ0v) is 6.80. The molecule has 1 rings (SSSR count). The number of hydrogen-bond acceptors (Lipinski definition) is 3. The molecule has 1 N–H and O–H groups in total. The summed E-state index contributed by atoms with van der Waals surface area (Å²) < 4.78 is 5.12. The number of rotatable bonds is 4. The first-order valence-electron chi connectivity index (χ1n) is 3.91. The van der Waals surface area contributed by atoms with Gasteiger partial charge < -0.3 is 9.64 Å². The molecule has 1 aliphatic heterocycles. The lowest BCUT2D eigenvalue weighted by Gasteiger charge is -2.13. The Kier molecular flexibility index (Phi) is 3.32. The average Bonchev–Trinajstić information content (AvgIpc) is 2.37. The molecule has 0 aliphatic carbocycles. The van der Waals surface area contributed by atoms with Crippen molar-refractivity contribution in [3.05, 3.63) is 0 Å². The van der Waals surface area contributed by atoms with Gasteiger partial charge in [0.2, 0.25) is 5.91 Å². The zero-order chi connectivity index (χ0) is 8.10. The topological polar surface area (TPSA) is 41.6 Å². The fourth-order valence-electron chi connectivity index (χ4n) is 1.02. The summed E-state index contributed by atoms with van der Waals surface area (Å²) in [5.41, 5.74) is 0. The fourth-order valence-corrected chi connectivity index (χ4v) is 1.02. The summed E-state index contributed by atoms with van der Waals surface area (Å²) >= 11 is 0. The van der Waals surface area contributed by atoms with Crippen molar-refractivity contribution in [2.24, 2.45) is 0 Å². The van der Waals surface area contributed by atoms with Gasteiger partial charge in [0.1, 0.15) is 0 Å². The van der Waals surface area contributed by atoms with E-state index in [1.807, 2.05) is 6.92 Å². The third-order valence-corrected chi connectivity index (χ3v) is 1.64. The lowest BCUT2D eigenvalue weighted by atomic mass is 10.5. The van der Waals surface area contributed by atoms with E-state index in [0.29, 0.717) is 26.4 Å². The van der Waals surface area contributed by atoms with Crippen LogP contribution < -0.4 is 5.32 Å². The molecule has 1 fully saturated rings. The summed E-state index contributed by atoms with van der Waals surface area (Å²) in [7, 11) is 0. The summed E-state index contributed by atoms with van der Waals surface area (Å²) in [6.07, 6.45) is 0. The lowest BCUT2D eigenvalue weighted by molar-refractivity contribution is -0.127. The highest BCUT2D eigenvalue weighted by molar-refractivity contribution is 5.79. The van der Waals surface area contributed by atoms with E-state index in [0.717, 1.165) is 6.61 Å². The van der Waals surface area contributed by atoms with Crippen LogP contribution in [0.5, 0.6) is 0 Å². The third-order valence-electron chi connectivity index (χ3n) is 1.64. The van der Waals surface area contributed by atoms with Gasteiger partial charge in [0.05, 0.1) is 19.8 Å². The highest BCUT2D eigenvalue weighted by atomic mass is 16.5. The van der Waals surface area contributed by atoms with Gasteiger partial charge in [0.25, 0.3) is 0 Å². The first kappa shape index (κ1) is 8.49. The van der Waals surface area contributed by atoms with Crippen molar-refractivity contribution < 1.29 is 9.53 Å². The molecule has 0 atom stereocenters. The van der Waals surface area contributed by atoms with Gasteiger partial charge in [0.15, 0.2) is 0 Å². The maximum atomic E-state index is 11.0. The Hall–Kier alpha value is -0.610. The molecule has 0 radical (unpaired) electrons. The monoisotopic (exact) mass is 158 g/mol. The fraction of sp³-hybridized carbons (Fsp3) is 0.857. The van der Waals surface area contributed by atoms with Crippen molar-refractivity contribution in [1.82, 2.24) is 10.2 Å². The van der Waals surface area contributed by atoms with Crippen LogP contribution in [0.15, 0.2) is 0 Å². The van der Waals surface area contributed by atoms with E-state index in [1.165, 1.54) is 0 Å². The second-order valence-electron chi connectivity index (χ2n) is 2.44. The summed E-state index contributed by atoms with van der Waals surface area (Å²) in [5.74, 6) is 0.171. The van der Waals surface area contributed by atoms with E-state index < -0.39 is 0 Å². The second kappa shape index (κ2) is 4.31. The smallest absolute Gasteiger partial charge is 0.237 e. The summed E-state index contributed by atoms with van der Waals surface area (Å²) in [6, 6.07) is 0. The summed E-state index contributed by atoms with van der Waals surface area (Å²) in [4.78, 5) is 12.7. The Bertz CT molecular complexity index is 138. The van der Waals surface area contributed by atoms with E-state index in [9.17, 15) is 4.79 Å². The number of carbonyl (C=O) groups is 1. The molecular formula is C7H14N2O2. The Morgan fingerprint density at radius 1 is 1.73 bits per heavy atom. The molecule has 0 bridgehead atoms. The highest BCUT2D eigenvalue weighted by Gasteiger charge is 2.18. The number of amides is 1. The van der Waals surface area contributed by atoms with Crippen molar-refractivity contribution in [3.8, 4) is 0 Å². The SMILES string of the molecule is CCOCCN1CNCC1=O. The molecule has 0 aromatic rings. The molecule has 4 nitrogen and oxygen atoms in total. The molecular weight excluding hydrogens is 144 g/mol. The van der Waals surface area contributed by atoms with Crippen molar-refractivity contribution in [2.45, 2.75) is 6.92 Å². The van der Waals surface area contributed by atoms with Gasteiger partial charge in [-0.05, 0) is 6.92 Å². The zero-order valence-electron chi connectivity index (χ0n) is 6.80. The Labute approximate surface area is 66.5 Å². The molecule has 1 saturated heterocycles. The van der Waals surface area contributed by atoms with Gasteiger partial charge in [-0.3, -0.25) is 10.1 Å². The van der Waals surface area contributed by atoms with Crippen molar-refractivity contribution in [1.29, 1.82) is 0 Å². The van der Waals surface area contributed by atoms with E-state index >= 15 is 0 Å². The molecule has 0 spiro atoms. The molecule has 64 valence electrons. The maximum Gasteiger partial charge on any atom is 0.237 e. The molecule has 0 aromatic heterocycles. The van der Waals surface area contributed by atoms with E-state index in [1.54, 1.807) is 4.90 Å². The summed E-state index contributed by atoms with van der Waals surface area (Å²) in [6.45, 7) is 5.17. The van der Waals surface area contributed by atoms with E-state index in [4.69, 9.17) is 4.74 Å². The molecule has 1 heterocycles. The first-order valence-corrected chi connectivity index (χ1v) is 3.91. The largest absolute Gasteiger partial charge is 0.380 e. The third kappa shape index (κ3) is 2.48. The van der Waals surface area contributed by atoms with E-state index in [-0.39, 0.29) is 5.91 Å². The van der Waals surface area contributed by atoms with Gasteiger partial charge in [-0.1, -0.05) is 0 Å².